The van der Waals surface area contributed by atoms with Gasteiger partial charge in [0.1, 0.15) is 5.82 Å². The Morgan fingerprint density at radius 1 is 1.25 bits per heavy atom. The fourth-order valence-corrected chi connectivity index (χ4v) is 3.50. The Labute approximate surface area is 121 Å². The summed E-state index contributed by atoms with van der Waals surface area (Å²) in [5, 5.41) is 10.8. The third-order valence-corrected chi connectivity index (χ3v) is 4.95. The van der Waals surface area contributed by atoms with Crippen LogP contribution in [-0.4, -0.2) is 35.7 Å². The number of rotatable bonds is 4. The molecule has 0 heterocycles. The first-order valence-electron chi connectivity index (χ1n) is 7.56. The molecule has 1 aromatic rings. The summed E-state index contributed by atoms with van der Waals surface area (Å²) in [4.78, 5) is 2.17. The number of nitrogens with zero attached hydrogens (tertiary/aromatic N) is 1. The maximum Gasteiger partial charge on any atom is 0.123 e. The van der Waals surface area contributed by atoms with Gasteiger partial charge in [-0.3, -0.25) is 0 Å². The fraction of sp³-hybridized carbons (Fsp3) is 0.647. The number of halogens is 1. The standard InChI is InChI=1S/C17H26FNO/c1-13-7-8-15(18)11-14(13)12-16(20)17(19(2)3)9-5-4-6-10-17/h7-8,11,16,20H,4-6,9-10,12H2,1-3H3. The van der Waals surface area contributed by atoms with E-state index in [-0.39, 0.29) is 11.4 Å². The van der Waals surface area contributed by atoms with Gasteiger partial charge in [-0.15, -0.1) is 0 Å². The molecule has 3 heteroatoms. The molecular weight excluding hydrogens is 253 g/mol. The van der Waals surface area contributed by atoms with Gasteiger partial charge in [0.25, 0.3) is 0 Å². The maximum atomic E-state index is 13.4. The second-order valence-corrected chi connectivity index (χ2v) is 6.35. The highest BCUT2D eigenvalue weighted by molar-refractivity contribution is 5.27. The van der Waals surface area contributed by atoms with Crippen LogP contribution in [0.2, 0.25) is 0 Å². The number of aryl methyl sites for hydroxylation is 1. The van der Waals surface area contributed by atoms with E-state index in [4.69, 9.17) is 0 Å². The predicted molar refractivity (Wildman–Crippen MR) is 80.4 cm³/mol. The largest absolute Gasteiger partial charge is 0.391 e. The van der Waals surface area contributed by atoms with Gasteiger partial charge in [-0.2, -0.15) is 0 Å². The number of hydrogen-bond acceptors (Lipinski definition) is 2. The van der Waals surface area contributed by atoms with E-state index in [0.29, 0.717) is 6.42 Å². The molecule has 2 nitrogen and oxygen atoms in total. The van der Waals surface area contributed by atoms with E-state index in [1.807, 2.05) is 21.0 Å². The zero-order valence-electron chi connectivity index (χ0n) is 12.8. The second kappa shape index (κ2) is 6.23. The first kappa shape index (κ1) is 15.5. The summed E-state index contributed by atoms with van der Waals surface area (Å²) in [6.45, 7) is 1.98. The lowest BCUT2D eigenvalue weighted by atomic mass is 9.74. The molecular formula is C17H26FNO. The Kier molecular flexibility index (Phi) is 4.82. The van der Waals surface area contributed by atoms with Gasteiger partial charge in [0.2, 0.25) is 0 Å². The molecule has 2 rings (SSSR count). The Morgan fingerprint density at radius 3 is 2.50 bits per heavy atom. The molecule has 1 aliphatic rings. The van der Waals surface area contributed by atoms with Crippen LogP contribution in [0.15, 0.2) is 18.2 Å². The molecule has 0 radical (unpaired) electrons. The summed E-state index contributed by atoms with van der Waals surface area (Å²) < 4.78 is 13.4. The van der Waals surface area contributed by atoms with Gasteiger partial charge in [0.05, 0.1) is 6.10 Å². The minimum atomic E-state index is -0.446. The van der Waals surface area contributed by atoms with Crippen LogP contribution in [0.25, 0.3) is 0 Å². The molecule has 1 atom stereocenters. The third-order valence-electron chi connectivity index (χ3n) is 4.95. The van der Waals surface area contributed by atoms with Crippen LogP contribution in [0.1, 0.15) is 43.2 Å². The smallest absolute Gasteiger partial charge is 0.123 e. The van der Waals surface area contributed by atoms with E-state index in [0.717, 1.165) is 36.8 Å². The number of benzene rings is 1. The average Bonchev–Trinajstić information content (AvgIpc) is 2.43. The molecule has 20 heavy (non-hydrogen) atoms. The molecule has 0 spiro atoms. The van der Waals surface area contributed by atoms with Crippen molar-refractivity contribution < 1.29 is 9.50 Å². The van der Waals surface area contributed by atoms with Crippen molar-refractivity contribution in [2.24, 2.45) is 0 Å². The van der Waals surface area contributed by atoms with Gasteiger partial charge in [-0.05, 0) is 57.1 Å². The molecule has 0 bridgehead atoms. The molecule has 1 saturated carbocycles. The van der Waals surface area contributed by atoms with Gasteiger partial charge >= 0.3 is 0 Å². The molecule has 1 unspecified atom stereocenters. The highest BCUT2D eigenvalue weighted by Crippen LogP contribution is 2.36. The molecule has 0 aliphatic heterocycles. The molecule has 1 fully saturated rings. The molecule has 1 N–H and O–H groups in total. The summed E-state index contributed by atoms with van der Waals surface area (Å²) in [7, 11) is 4.10. The van der Waals surface area contributed by atoms with Crippen molar-refractivity contribution in [3.8, 4) is 0 Å². The van der Waals surface area contributed by atoms with Crippen molar-refractivity contribution in [3.05, 3.63) is 35.1 Å². The monoisotopic (exact) mass is 279 g/mol. The summed E-state index contributed by atoms with van der Waals surface area (Å²) in [6, 6.07) is 4.83. The van der Waals surface area contributed by atoms with Crippen LogP contribution in [0.4, 0.5) is 4.39 Å². The minimum Gasteiger partial charge on any atom is -0.391 e. The minimum absolute atomic E-state index is 0.156. The second-order valence-electron chi connectivity index (χ2n) is 6.35. The molecule has 112 valence electrons. The highest BCUT2D eigenvalue weighted by Gasteiger charge is 2.40. The maximum absolute atomic E-state index is 13.4. The van der Waals surface area contributed by atoms with E-state index in [9.17, 15) is 9.50 Å². The first-order chi connectivity index (χ1) is 9.45. The van der Waals surface area contributed by atoms with Crippen molar-refractivity contribution >= 4 is 0 Å². The van der Waals surface area contributed by atoms with Crippen molar-refractivity contribution in [2.45, 2.75) is 57.1 Å². The van der Waals surface area contributed by atoms with E-state index < -0.39 is 6.10 Å². The van der Waals surface area contributed by atoms with Gasteiger partial charge < -0.3 is 10.0 Å². The number of aliphatic hydroxyl groups is 1. The number of aliphatic hydroxyl groups excluding tert-OH is 1. The molecule has 1 aromatic carbocycles. The van der Waals surface area contributed by atoms with Gasteiger partial charge in [-0.25, -0.2) is 4.39 Å². The molecule has 1 aliphatic carbocycles. The summed E-state index contributed by atoms with van der Waals surface area (Å²) in [5.74, 6) is -0.222. The molecule has 0 amide bonds. The molecule has 0 aromatic heterocycles. The van der Waals surface area contributed by atoms with Crippen molar-refractivity contribution in [3.63, 3.8) is 0 Å². The van der Waals surface area contributed by atoms with Crippen LogP contribution >= 0.6 is 0 Å². The highest BCUT2D eigenvalue weighted by atomic mass is 19.1. The quantitative estimate of drug-likeness (QED) is 0.914. The molecule has 0 saturated heterocycles. The summed E-state index contributed by atoms with van der Waals surface area (Å²) >= 11 is 0. The Morgan fingerprint density at radius 2 is 1.90 bits per heavy atom. The average molecular weight is 279 g/mol. The zero-order valence-corrected chi connectivity index (χ0v) is 12.8. The van der Waals surface area contributed by atoms with Crippen LogP contribution in [-0.2, 0) is 6.42 Å². The topological polar surface area (TPSA) is 23.5 Å². The van der Waals surface area contributed by atoms with Gasteiger partial charge in [0.15, 0.2) is 0 Å². The summed E-state index contributed by atoms with van der Waals surface area (Å²) in [6.07, 6.45) is 5.71. The van der Waals surface area contributed by atoms with Gasteiger partial charge in [0, 0.05) is 12.0 Å². The van der Waals surface area contributed by atoms with Gasteiger partial charge in [-0.1, -0.05) is 25.3 Å². The van der Waals surface area contributed by atoms with Crippen LogP contribution in [0.3, 0.4) is 0 Å². The van der Waals surface area contributed by atoms with E-state index in [2.05, 4.69) is 4.90 Å². The zero-order chi connectivity index (χ0) is 14.8. The van der Waals surface area contributed by atoms with E-state index in [1.54, 1.807) is 12.1 Å². The van der Waals surface area contributed by atoms with Crippen molar-refractivity contribution in [1.82, 2.24) is 4.90 Å². The Bertz CT molecular complexity index is 452. The lowest BCUT2D eigenvalue weighted by molar-refractivity contribution is -0.0311. The van der Waals surface area contributed by atoms with Crippen LogP contribution in [0.5, 0.6) is 0 Å². The normalized spacial score (nSPS) is 20.1. The van der Waals surface area contributed by atoms with E-state index in [1.165, 1.54) is 12.5 Å². The lowest BCUT2D eigenvalue weighted by Gasteiger charge is -2.46. The van der Waals surface area contributed by atoms with Crippen molar-refractivity contribution in [1.29, 1.82) is 0 Å². The lowest BCUT2D eigenvalue weighted by Crippen LogP contribution is -2.55. The number of likely N-dealkylation sites (N-methyl/N-ethyl adjacent to an activating group) is 1. The summed E-state index contributed by atoms with van der Waals surface area (Å²) in [5.41, 5.74) is 1.82. The Balaban J connectivity index is 2.20. The number of hydrogen-bond donors (Lipinski definition) is 1. The third kappa shape index (κ3) is 3.04. The van der Waals surface area contributed by atoms with Crippen LogP contribution < -0.4 is 0 Å². The fourth-order valence-electron chi connectivity index (χ4n) is 3.50. The first-order valence-corrected chi connectivity index (χ1v) is 7.56. The van der Waals surface area contributed by atoms with Crippen LogP contribution in [0, 0.1) is 12.7 Å². The SMILES string of the molecule is Cc1ccc(F)cc1CC(O)C1(N(C)C)CCCCC1. The van der Waals surface area contributed by atoms with E-state index >= 15 is 0 Å². The predicted octanol–water partition coefficient (Wildman–Crippen LogP) is 3.30. The Hall–Kier alpha value is -0.930. The van der Waals surface area contributed by atoms with Crippen molar-refractivity contribution in [2.75, 3.05) is 14.1 Å².